The summed E-state index contributed by atoms with van der Waals surface area (Å²) >= 11 is 9.01. The molecule has 0 saturated heterocycles. The molecule has 0 bridgehead atoms. The second-order valence-corrected chi connectivity index (χ2v) is 28.6. The number of aromatic amines is 2. The lowest BCUT2D eigenvalue weighted by molar-refractivity contribution is -0.135. The molecular weight excluding hydrogens is 1460 g/mol. The van der Waals surface area contributed by atoms with E-state index < -0.39 is 161 Å². The number of phenolic OH excluding ortho intramolecular Hbond substituents is 1. The number of nitrogens with zero attached hydrogens (tertiary/aromatic N) is 1. The molecule has 12 amide bonds. The smallest absolute Gasteiger partial charge is 0.244 e. The SMILES string of the molecule is CC(C)[C@H](NC(=O)[C@@H](N)Cc1ccc(O)cc1)C(=O)N[C@H](C(=O)NCC(=O)N[C@@H](Cc1c[nH]cn1)C(=O)N[C@@H](Cc1ccccc1)C(=O)N[C@@H](CCCNC(=N)N)C(=O)N[C@@H](Cc1c[nH]c2ccccc12)C(=O)N[C@@H](CS)C(=O)N[C@@H](CCCNC(=N)N)C(=O)N[C@@H](Cc1ccccc1)C(=O)NCC(N)=O)C(C)(C)S. The maximum absolute atomic E-state index is 15.1. The third-order valence-electron chi connectivity index (χ3n) is 17.3. The zero-order valence-electron chi connectivity index (χ0n) is 61.4. The van der Waals surface area contributed by atoms with Crippen LogP contribution in [0.25, 0.3) is 10.9 Å². The van der Waals surface area contributed by atoms with E-state index in [-0.39, 0.29) is 94.0 Å². The van der Waals surface area contributed by atoms with Crippen LogP contribution < -0.4 is 92.1 Å². The van der Waals surface area contributed by atoms with Crippen molar-refractivity contribution in [1.82, 2.24) is 84.1 Å². The summed E-state index contributed by atoms with van der Waals surface area (Å²) in [7, 11) is 0. The number of hydrogen-bond acceptors (Lipinski definition) is 19. The number of imidazole rings is 1. The van der Waals surface area contributed by atoms with Gasteiger partial charge in [-0.1, -0.05) is 105 Å². The highest BCUT2D eigenvalue weighted by Gasteiger charge is 2.39. The number of fused-ring (bicyclic) bond motifs is 1. The highest BCUT2D eigenvalue weighted by atomic mass is 32.1. The fourth-order valence-corrected chi connectivity index (χ4v) is 11.9. The second kappa shape index (κ2) is 43.3. The molecule has 0 aliphatic carbocycles. The number of thiol groups is 2. The Morgan fingerprint density at radius 1 is 0.500 bits per heavy atom. The zero-order chi connectivity index (χ0) is 80.6. The first kappa shape index (κ1) is 87.2. The zero-order valence-corrected chi connectivity index (χ0v) is 63.2. The van der Waals surface area contributed by atoms with Gasteiger partial charge in [0, 0.05) is 72.6 Å². The number of carbonyl (C=O) groups excluding carboxylic acids is 12. The minimum atomic E-state index is -1.54. The van der Waals surface area contributed by atoms with Crippen molar-refractivity contribution in [3.05, 3.63) is 156 Å². The normalized spacial score (nSPS) is 13.9. The summed E-state index contributed by atoms with van der Waals surface area (Å²) in [5.41, 5.74) is 26.0. The van der Waals surface area contributed by atoms with Gasteiger partial charge in [0.2, 0.25) is 70.9 Å². The van der Waals surface area contributed by atoms with E-state index in [4.69, 9.17) is 33.8 Å². The first-order chi connectivity index (χ1) is 52.3. The molecule has 4 aromatic carbocycles. The van der Waals surface area contributed by atoms with Gasteiger partial charge in [-0.05, 0) is 92.3 Å². The number of aromatic hydroxyl groups is 1. The third-order valence-corrected chi connectivity index (χ3v) is 17.9. The summed E-state index contributed by atoms with van der Waals surface area (Å²) in [6.07, 6.45) is 3.69. The van der Waals surface area contributed by atoms with E-state index in [0.29, 0.717) is 33.2 Å². The minimum Gasteiger partial charge on any atom is -0.508 e. The summed E-state index contributed by atoms with van der Waals surface area (Å²) in [5.74, 6) is -11.9. The lowest BCUT2D eigenvalue weighted by Crippen LogP contribution is -2.62. The number of aromatic nitrogens is 3. The van der Waals surface area contributed by atoms with Crippen molar-refractivity contribution in [1.29, 1.82) is 10.8 Å². The van der Waals surface area contributed by atoms with Gasteiger partial charge in [-0.25, -0.2) is 4.98 Å². The van der Waals surface area contributed by atoms with Crippen molar-refractivity contribution < 1.29 is 62.6 Å². The Morgan fingerprint density at radius 3 is 1.46 bits per heavy atom. The van der Waals surface area contributed by atoms with E-state index >= 15 is 9.59 Å². The molecule has 110 heavy (non-hydrogen) atoms. The monoisotopic (exact) mass is 1560 g/mol. The van der Waals surface area contributed by atoms with Crippen LogP contribution in [-0.4, -0.2) is 200 Å². The van der Waals surface area contributed by atoms with Crippen molar-refractivity contribution in [3.8, 4) is 5.75 Å². The molecule has 10 atom stereocenters. The van der Waals surface area contributed by atoms with E-state index in [9.17, 15) is 53.1 Å². The highest BCUT2D eigenvalue weighted by molar-refractivity contribution is 7.81. The molecule has 2 aromatic heterocycles. The van der Waals surface area contributed by atoms with Gasteiger partial charge in [0.05, 0.1) is 31.2 Å². The van der Waals surface area contributed by atoms with Crippen LogP contribution in [0.15, 0.2) is 128 Å². The minimum absolute atomic E-state index is 0.0225. The van der Waals surface area contributed by atoms with Crippen LogP contribution in [0.1, 0.15) is 81.3 Å². The number of rotatable bonds is 44. The molecule has 26 N–H and O–H groups in total. The predicted molar refractivity (Wildman–Crippen MR) is 417 cm³/mol. The largest absolute Gasteiger partial charge is 0.508 e. The molecule has 0 saturated carbocycles. The molecule has 0 spiro atoms. The van der Waals surface area contributed by atoms with E-state index in [0.717, 1.165) is 0 Å². The summed E-state index contributed by atoms with van der Waals surface area (Å²) in [6, 6.07) is 16.3. The number of amides is 12. The van der Waals surface area contributed by atoms with Crippen LogP contribution in [0.2, 0.25) is 0 Å². The molecule has 0 fully saturated rings. The van der Waals surface area contributed by atoms with E-state index in [1.165, 1.54) is 38.5 Å². The number of primary amides is 1. The quantitative estimate of drug-likeness (QED) is 0.00803. The van der Waals surface area contributed by atoms with Crippen molar-refractivity contribution >= 4 is 119 Å². The number of nitrogens with two attached hydrogens (primary N) is 4. The molecule has 37 heteroatoms. The predicted octanol–water partition coefficient (Wildman–Crippen LogP) is -2.66. The van der Waals surface area contributed by atoms with Gasteiger partial charge in [0.1, 0.15) is 60.1 Å². The number of guanidine groups is 2. The van der Waals surface area contributed by atoms with Crippen molar-refractivity contribution in [2.75, 3.05) is 31.9 Å². The molecule has 0 aliphatic rings. The van der Waals surface area contributed by atoms with Gasteiger partial charge in [-0.2, -0.15) is 25.3 Å². The van der Waals surface area contributed by atoms with Gasteiger partial charge in [0.25, 0.3) is 0 Å². The molecule has 0 radical (unpaired) electrons. The molecule has 6 rings (SSSR count). The number of para-hydroxylation sites is 1. The maximum atomic E-state index is 15.1. The van der Waals surface area contributed by atoms with Gasteiger partial charge >= 0.3 is 0 Å². The maximum Gasteiger partial charge on any atom is 0.244 e. The van der Waals surface area contributed by atoms with Crippen LogP contribution in [0.3, 0.4) is 0 Å². The first-order valence-corrected chi connectivity index (χ1v) is 36.6. The van der Waals surface area contributed by atoms with Gasteiger partial charge in [-0.3, -0.25) is 68.4 Å². The fraction of sp³-hybridized carbons (Fsp3) is 0.411. The average molecular weight is 1560 g/mol. The molecule has 2 heterocycles. The van der Waals surface area contributed by atoms with E-state index in [2.05, 4.69) is 109 Å². The van der Waals surface area contributed by atoms with Gasteiger partial charge in [0.15, 0.2) is 11.9 Å². The standard InChI is InChI=1S/C73H100N22O13S2/c1-40(2)59(94-61(99)48(74)29-43-23-25-46(96)26-24-43)69(107)95-60(73(3,4)110)70(108)85-37-58(98)87-55(33-45-35-80-39-86-45)67(105)91-53(31-42-17-9-6-10-18-42)65(103)88-50(21-13-27-81-71(76)77)64(102)92-54(32-44-34-83-49-20-12-11-19-47(44)49)66(104)93-56(38-109)68(106)89-51(22-14-28-82-72(78)79)63(101)90-52(62(100)84-36-57(75)97)30-41-15-7-5-8-16-41/h5-12,15-20,23-26,34-35,39-40,48,50-56,59-60,83,96,109-110H,13-14,21-22,27-33,36-38,74H2,1-4H3,(H2,75,97)(H,80,86)(H,84,100)(H,85,108)(H,87,98)(H,88,103)(H,89,106)(H,90,101)(H,91,105)(H,92,102)(H,93,104)(H,94,99)(H,95,107)(H4,76,77,81)(H4,78,79,82)/t48-,50-,51-,52-,53-,54-,55-,56-,59-,60+/m0/s1. The van der Waals surface area contributed by atoms with Crippen LogP contribution in [0.5, 0.6) is 5.75 Å². The van der Waals surface area contributed by atoms with Gasteiger partial charge in [-0.15, -0.1) is 0 Å². The molecule has 0 aliphatic heterocycles. The number of carbonyl (C=O) groups is 12. The molecule has 6 aromatic rings. The van der Waals surface area contributed by atoms with Crippen molar-refractivity contribution in [3.63, 3.8) is 0 Å². The third kappa shape index (κ3) is 29.1. The van der Waals surface area contributed by atoms with Gasteiger partial charge < -0.3 is 107 Å². The Balaban J connectivity index is 1.23. The Labute approximate surface area is 646 Å². The Kier molecular flexibility index (Phi) is 34.3. The van der Waals surface area contributed by atoms with Crippen LogP contribution in [0.4, 0.5) is 0 Å². The van der Waals surface area contributed by atoms with Crippen molar-refractivity contribution in [2.45, 2.75) is 151 Å². The Bertz CT molecular complexity index is 4130. The average Bonchev–Trinajstić information content (AvgIpc) is 1.61. The number of H-pyrrole nitrogens is 2. The summed E-state index contributed by atoms with van der Waals surface area (Å²) < 4.78 is -1.29. The summed E-state index contributed by atoms with van der Waals surface area (Å²) in [5, 5.41) is 60.1. The topological polar surface area (TPSA) is 578 Å². The summed E-state index contributed by atoms with van der Waals surface area (Å²) in [4.78, 5) is 179. The van der Waals surface area contributed by atoms with E-state index in [1.807, 2.05) is 0 Å². The fourth-order valence-electron chi connectivity index (χ4n) is 11.5. The molecule has 0 unspecified atom stereocenters. The second-order valence-electron chi connectivity index (χ2n) is 27.0. The first-order valence-electron chi connectivity index (χ1n) is 35.5. The number of hydrogen-bond donors (Lipinski definition) is 24. The Morgan fingerprint density at radius 2 is 0.964 bits per heavy atom. The summed E-state index contributed by atoms with van der Waals surface area (Å²) in [6.45, 7) is 5.22. The van der Waals surface area contributed by atoms with E-state index in [1.54, 1.807) is 117 Å². The van der Waals surface area contributed by atoms with Crippen LogP contribution >= 0.6 is 25.3 Å². The highest BCUT2D eigenvalue weighted by Crippen LogP contribution is 2.22. The lowest BCUT2D eigenvalue weighted by atomic mass is 9.98. The molecular formula is C73H100N22O13S2. The Hall–Kier alpha value is -11.7. The molecule has 592 valence electrons. The van der Waals surface area contributed by atoms with Crippen molar-refractivity contribution in [2.24, 2.45) is 28.9 Å². The lowest BCUT2D eigenvalue weighted by Gasteiger charge is -2.32. The van der Waals surface area contributed by atoms with Crippen LogP contribution in [0, 0.1) is 16.7 Å². The molecule has 35 nitrogen and oxygen atoms in total. The van der Waals surface area contributed by atoms with Crippen LogP contribution in [-0.2, 0) is 89.6 Å². The number of nitrogens with one attached hydrogen (secondary N) is 17. The number of benzene rings is 4. The number of phenols is 1.